The Morgan fingerprint density at radius 2 is 1.75 bits per heavy atom. The molecule has 72 valence electrons. The van der Waals surface area contributed by atoms with Crippen molar-refractivity contribution in [2.75, 3.05) is 0 Å². The first-order valence-corrected chi connectivity index (χ1v) is 5.46. The van der Waals surface area contributed by atoms with Gasteiger partial charge in [-0.15, -0.1) is 0 Å². The van der Waals surface area contributed by atoms with E-state index in [0.717, 1.165) is 12.3 Å². The third kappa shape index (κ3) is 2.48. The van der Waals surface area contributed by atoms with Crippen LogP contribution in [0.2, 0.25) is 0 Å². The lowest BCUT2D eigenvalue weighted by molar-refractivity contribution is 0.0703. The molecule has 12 heavy (non-hydrogen) atoms. The molecule has 1 saturated carbocycles. The fourth-order valence-electron chi connectivity index (χ4n) is 2.31. The van der Waals surface area contributed by atoms with Gasteiger partial charge in [-0.05, 0) is 31.1 Å². The van der Waals surface area contributed by atoms with E-state index in [9.17, 15) is 5.11 Å². The van der Waals surface area contributed by atoms with E-state index >= 15 is 0 Å². The van der Waals surface area contributed by atoms with Crippen molar-refractivity contribution in [2.45, 2.75) is 58.5 Å². The minimum absolute atomic E-state index is 0.0252. The number of aliphatic hydroxyl groups is 1. The Morgan fingerprint density at radius 1 is 1.17 bits per heavy atom. The van der Waals surface area contributed by atoms with Crippen LogP contribution < -0.4 is 0 Å². The first kappa shape index (κ1) is 10.0. The van der Waals surface area contributed by atoms with Gasteiger partial charge < -0.3 is 5.11 Å². The van der Waals surface area contributed by atoms with Crippen LogP contribution in [0.4, 0.5) is 0 Å². The van der Waals surface area contributed by atoms with Gasteiger partial charge >= 0.3 is 0 Å². The summed E-state index contributed by atoms with van der Waals surface area (Å²) in [7, 11) is 0. The summed E-state index contributed by atoms with van der Waals surface area (Å²) < 4.78 is 0. The Labute approximate surface area is 76.2 Å². The Bertz CT molecular complexity index is 114. The van der Waals surface area contributed by atoms with E-state index in [4.69, 9.17) is 0 Å². The topological polar surface area (TPSA) is 20.2 Å². The highest BCUT2D eigenvalue weighted by atomic mass is 16.3. The molecule has 0 spiro atoms. The molecule has 1 atom stereocenters. The number of hydrogen-bond donors (Lipinski definition) is 1. The summed E-state index contributed by atoms with van der Waals surface area (Å²) in [6.07, 6.45) is 7.44. The second-order valence-corrected chi connectivity index (χ2v) is 4.16. The second kappa shape index (κ2) is 4.86. The molecular formula is C11H22O. The molecule has 0 amide bonds. The SMILES string of the molecule is CCC1CCC([C@H](O)CC)CC1. The summed E-state index contributed by atoms with van der Waals surface area (Å²) in [5, 5.41) is 9.64. The molecule has 0 saturated heterocycles. The van der Waals surface area contributed by atoms with E-state index in [-0.39, 0.29) is 6.10 Å². The summed E-state index contributed by atoms with van der Waals surface area (Å²) >= 11 is 0. The highest BCUT2D eigenvalue weighted by Crippen LogP contribution is 2.32. The van der Waals surface area contributed by atoms with Crippen LogP contribution in [0, 0.1) is 11.8 Å². The van der Waals surface area contributed by atoms with E-state index in [1.165, 1.54) is 32.1 Å². The van der Waals surface area contributed by atoms with Gasteiger partial charge in [0, 0.05) is 0 Å². The van der Waals surface area contributed by atoms with E-state index in [2.05, 4.69) is 13.8 Å². The third-order valence-corrected chi connectivity index (χ3v) is 3.43. The maximum atomic E-state index is 9.64. The highest BCUT2D eigenvalue weighted by Gasteiger charge is 2.24. The first-order valence-electron chi connectivity index (χ1n) is 5.46. The van der Waals surface area contributed by atoms with Crippen molar-refractivity contribution in [3.05, 3.63) is 0 Å². The summed E-state index contributed by atoms with van der Waals surface area (Å²) in [4.78, 5) is 0. The molecule has 0 bridgehead atoms. The minimum Gasteiger partial charge on any atom is -0.393 e. The monoisotopic (exact) mass is 170 g/mol. The number of aliphatic hydroxyl groups excluding tert-OH is 1. The predicted molar refractivity (Wildman–Crippen MR) is 52.0 cm³/mol. The first-order chi connectivity index (χ1) is 5.77. The van der Waals surface area contributed by atoms with Gasteiger partial charge in [0.15, 0.2) is 0 Å². The van der Waals surface area contributed by atoms with Crippen LogP contribution in [-0.2, 0) is 0 Å². The molecule has 0 aromatic rings. The molecular weight excluding hydrogens is 148 g/mol. The van der Waals surface area contributed by atoms with Crippen molar-refractivity contribution >= 4 is 0 Å². The van der Waals surface area contributed by atoms with Gasteiger partial charge in [-0.1, -0.05) is 33.1 Å². The van der Waals surface area contributed by atoms with E-state index in [0.29, 0.717) is 5.92 Å². The minimum atomic E-state index is -0.0252. The summed E-state index contributed by atoms with van der Waals surface area (Å²) in [6, 6.07) is 0. The quantitative estimate of drug-likeness (QED) is 0.690. The van der Waals surface area contributed by atoms with Crippen LogP contribution in [0.1, 0.15) is 52.4 Å². The Hall–Kier alpha value is -0.0400. The largest absolute Gasteiger partial charge is 0.393 e. The summed E-state index contributed by atoms with van der Waals surface area (Å²) in [6.45, 7) is 4.36. The zero-order valence-corrected chi connectivity index (χ0v) is 8.42. The van der Waals surface area contributed by atoms with Gasteiger partial charge in [0.1, 0.15) is 0 Å². The van der Waals surface area contributed by atoms with Crippen molar-refractivity contribution in [2.24, 2.45) is 11.8 Å². The fraction of sp³-hybridized carbons (Fsp3) is 1.00. The highest BCUT2D eigenvalue weighted by molar-refractivity contribution is 4.76. The van der Waals surface area contributed by atoms with Crippen LogP contribution >= 0.6 is 0 Å². The van der Waals surface area contributed by atoms with E-state index in [1.54, 1.807) is 0 Å². The molecule has 0 heterocycles. The van der Waals surface area contributed by atoms with Crippen LogP contribution in [0.15, 0.2) is 0 Å². The zero-order chi connectivity index (χ0) is 8.97. The predicted octanol–water partition coefficient (Wildman–Crippen LogP) is 2.97. The average molecular weight is 170 g/mol. The van der Waals surface area contributed by atoms with Crippen LogP contribution in [-0.4, -0.2) is 11.2 Å². The van der Waals surface area contributed by atoms with Gasteiger partial charge in [-0.3, -0.25) is 0 Å². The van der Waals surface area contributed by atoms with Crippen molar-refractivity contribution < 1.29 is 5.11 Å². The number of rotatable bonds is 3. The molecule has 0 aromatic carbocycles. The van der Waals surface area contributed by atoms with Gasteiger partial charge in [0.2, 0.25) is 0 Å². The Balaban J connectivity index is 2.25. The maximum absolute atomic E-state index is 9.64. The lowest BCUT2D eigenvalue weighted by atomic mass is 9.78. The normalized spacial score (nSPS) is 33.2. The van der Waals surface area contributed by atoms with Crippen LogP contribution in [0.3, 0.4) is 0 Å². The summed E-state index contributed by atoms with van der Waals surface area (Å²) in [5.41, 5.74) is 0. The molecule has 1 N–H and O–H groups in total. The maximum Gasteiger partial charge on any atom is 0.0565 e. The van der Waals surface area contributed by atoms with Crippen LogP contribution in [0.25, 0.3) is 0 Å². The fourth-order valence-corrected chi connectivity index (χ4v) is 2.31. The molecule has 1 nitrogen and oxygen atoms in total. The van der Waals surface area contributed by atoms with Gasteiger partial charge in [-0.25, -0.2) is 0 Å². The van der Waals surface area contributed by atoms with Crippen molar-refractivity contribution in [1.29, 1.82) is 0 Å². The van der Waals surface area contributed by atoms with Crippen molar-refractivity contribution in [3.63, 3.8) is 0 Å². The molecule has 0 unspecified atom stereocenters. The standard InChI is InChI=1S/C11H22O/c1-3-9-5-7-10(8-6-9)11(12)4-2/h9-12H,3-8H2,1-2H3/t9?,10?,11-/m1/s1. The summed E-state index contributed by atoms with van der Waals surface area (Å²) in [5.74, 6) is 1.56. The van der Waals surface area contributed by atoms with Gasteiger partial charge in [0.05, 0.1) is 6.10 Å². The molecule has 0 aliphatic heterocycles. The second-order valence-electron chi connectivity index (χ2n) is 4.16. The Kier molecular flexibility index (Phi) is 4.07. The van der Waals surface area contributed by atoms with Crippen molar-refractivity contribution in [3.8, 4) is 0 Å². The van der Waals surface area contributed by atoms with E-state index < -0.39 is 0 Å². The lowest BCUT2D eigenvalue weighted by Crippen LogP contribution is -2.24. The van der Waals surface area contributed by atoms with Gasteiger partial charge in [-0.2, -0.15) is 0 Å². The molecule has 1 aliphatic rings. The smallest absolute Gasteiger partial charge is 0.0565 e. The van der Waals surface area contributed by atoms with Crippen molar-refractivity contribution in [1.82, 2.24) is 0 Å². The zero-order valence-electron chi connectivity index (χ0n) is 8.42. The molecule has 0 radical (unpaired) electrons. The van der Waals surface area contributed by atoms with Gasteiger partial charge in [0.25, 0.3) is 0 Å². The van der Waals surface area contributed by atoms with E-state index in [1.807, 2.05) is 0 Å². The third-order valence-electron chi connectivity index (χ3n) is 3.43. The molecule has 1 heteroatoms. The molecule has 1 fully saturated rings. The molecule has 1 aliphatic carbocycles. The Morgan fingerprint density at radius 3 is 2.17 bits per heavy atom. The molecule has 1 rings (SSSR count). The number of hydrogen-bond acceptors (Lipinski definition) is 1. The van der Waals surface area contributed by atoms with Crippen LogP contribution in [0.5, 0.6) is 0 Å². The lowest BCUT2D eigenvalue weighted by Gasteiger charge is -2.30. The molecule has 0 aromatic heterocycles. The average Bonchev–Trinajstić information content (AvgIpc) is 2.17.